The van der Waals surface area contributed by atoms with Gasteiger partial charge in [0.1, 0.15) is 0 Å². The van der Waals surface area contributed by atoms with Crippen molar-refractivity contribution in [2.75, 3.05) is 5.33 Å². The summed E-state index contributed by atoms with van der Waals surface area (Å²) in [6.45, 7) is 3.90. The summed E-state index contributed by atoms with van der Waals surface area (Å²) >= 11 is 3.32. The summed E-state index contributed by atoms with van der Waals surface area (Å²) in [6.07, 6.45) is 0. The Labute approximate surface area is 92.8 Å². The Morgan fingerprint density at radius 3 is 2.71 bits per heavy atom. The minimum atomic E-state index is -0.00458. The number of carbonyl (C=O) groups is 1. The van der Waals surface area contributed by atoms with Crippen molar-refractivity contribution in [3.63, 3.8) is 0 Å². The monoisotopic (exact) mass is 255 g/mol. The van der Waals surface area contributed by atoms with Gasteiger partial charge in [-0.1, -0.05) is 34.1 Å². The molecule has 0 bridgehead atoms. The largest absolute Gasteiger partial charge is 0.349 e. The van der Waals surface area contributed by atoms with Crippen LogP contribution in [-0.4, -0.2) is 17.3 Å². The number of amides is 1. The van der Waals surface area contributed by atoms with Crippen molar-refractivity contribution >= 4 is 21.8 Å². The van der Waals surface area contributed by atoms with Gasteiger partial charge >= 0.3 is 0 Å². The third-order valence-corrected chi connectivity index (χ3v) is 2.97. The topological polar surface area (TPSA) is 29.1 Å². The zero-order valence-corrected chi connectivity index (χ0v) is 9.97. The number of halogens is 1. The van der Waals surface area contributed by atoms with Crippen LogP contribution in [0, 0.1) is 6.92 Å². The van der Waals surface area contributed by atoms with Crippen LogP contribution in [0.5, 0.6) is 0 Å². The van der Waals surface area contributed by atoms with E-state index in [1.165, 1.54) is 0 Å². The Morgan fingerprint density at radius 1 is 1.50 bits per heavy atom. The highest BCUT2D eigenvalue weighted by atomic mass is 79.9. The van der Waals surface area contributed by atoms with E-state index in [9.17, 15) is 4.79 Å². The minimum Gasteiger partial charge on any atom is -0.349 e. The predicted octanol–water partition coefficient (Wildman–Crippen LogP) is 2.51. The van der Waals surface area contributed by atoms with Crippen molar-refractivity contribution in [2.24, 2.45) is 0 Å². The van der Waals surface area contributed by atoms with E-state index in [1.54, 1.807) is 0 Å². The number of carbonyl (C=O) groups excluding carboxylic acids is 1. The molecular weight excluding hydrogens is 242 g/mol. The van der Waals surface area contributed by atoms with E-state index in [4.69, 9.17) is 0 Å². The molecule has 0 aliphatic rings. The Morgan fingerprint density at radius 2 is 2.14 bits per heavy atom. The van der Waals surface area contributed by atoms with Crippen LogP contribution in [0.1, 0.15) is 22.8 Å². The third kappa shape index (κ3) is 2.84. The van der Waals surface area contributed by atoms with Gasteiger partial charge in [-0.3, -0.25) is 4.79 Å². The summed E-state index contributed by atoms with van der Waals surface area (Å²) in [5.74, 6) is -0.00458. The minimum absolute atomic E-state index is 0.00458. The van der Waals surface area contributed by atoms with Crippen LogP contribution in [0.3, 0.4) is 0 Å². The number of nitrogens with one attached hydrogen (secondary N) is 1. The van der Waals surface area contributed by atoms with Crippen molar-refractivity contribution in [2.45, 2.75) is 19.9 Å². The van der Waals surface area contributed by atoms with E-state index < -0.39 is 0 Å². The van der Waals surface area contributed by atoms with Gasteiger partial charge < -0.3 is 5.32 Å². The van der Waals surface area contributed by atoms with Gasteiger partial charge in [0.05, 0.1) is 0 Å². The maximum atomic E-state index is 11.7. The van der Waals surface area contributed by atoms with Gasteiger partial charge in [0.2, 0.25) is 0 Å². The summed E-state index contributed by atoms with van der Waals surface area (Å²) in [5.41, 5.74) is 1.76. The third-order valence-electron chi connectivity index (χ3n) is 2.00. The average molecular weight is 256 g/mol. The Balaban J connectivity index is 2.75. The van der Waals surface area contributed by atoms with E-state index >= 15 is 0 Å². The highest BCUT2D eigenvalue weighted by molar-refractivity contribution is 9.09. The van der Waals surface area contributed by atoms with Crippen LogP contribution in [0.4, 0.5) is 0 Å². The van der Waals surface area contributed by atoms with Crippen molar-refractivity contribution in [3.05, 3.63) is 35.4 Å². The van der Waals surface area contributed by atoms with Gasteiger partial charge in [-0.05, 0) is 25.5 Å². The lowest BCUT2D eigenvalue weighted by Crippen LogP contribution is -2.33. The molecule has 2 nitrogen and oxygen atoms in total. The van der Waals surface area contributed by atoms with Crippen LogP contribution in [0.15, 0.2) is 24.3 Å². The van der Waals surface area contributed by atoms with Gasteiger partial charge in [-0.15, -0.1) is 0 Å². The number of rotatable bonds is 3. The number of alkyl halides is 1. The fourth-order valence-electron chi connectivity index (χ4n) is 1.17. The highest BCUT2D eigenvalue weighted by Crippen LogP contribution is 2.06. The molecule has 1 amide bonds. The molecule has 0 aliphatic heterocycles. The van der Waals surface area contributed by atoms with Crippen LogP contribution >= 0.6 is 15.9 Å². The Hall–Kier alpha value is -0.830. The van der Waals surface area contributed by atoms with Crippen molar-refractivity contribution in [1.29, 1.82) is 0 Å². The molecule has 1 aromatic carbocycles. The molecule has 0 saturated carbocycles. The quantitative estimate of drug-likeness (QED) is 0.827. The number of benzene rings is 1. The summed E-state index contributed by atoms with van der Waals surface area (Å²) in [5, 5.41) is 3.67. The van der Waals surface area contributed by atoms with Gasteiger partial charge in [-0.25, -0.2) is 0 Å². The smallest absolute Gasteiger partial charge is 0.251 e. The molecule has 1 rings (SSSR count). The van der Waals surface area contributed by atoms with Gasteiger partial charge in [0.25, 0.3) is 5.91 Å². The van der Waals surface area contributed by atoms with E-state index in [1.807, 2.05) is 38.1 Å². The van der Waals surface area contributed by atoms with E-state index in [2.05, 4.69) is 21.2 Å². The normalized spacial score (nSPS) is 12.2. The second kappa shape index (κ2) is 5.15. The number of aryl methyl sites for hydroxylation is 1. The molecule has 0 heterocycles. The highest BCUT2D eigenvalue weighted by Gasteiger charge is 2.09. The zero-order chi connectivity index (χ0) is 10.6. The molecule has 3 heteroatoms. The van der Waals surface area contributed by atoms with Crippen LogP contribution in [-0.2, 0) is 0 Å². The average Bonchev–Trinajstić information content (AvgIpc) is 2.18. The van der Waals surface area contributed by atoms with Crippen molar-refractivity contribution in [3.8, 4) is 0 Å². The first kappa shape index (κ1) is 11.2. The maximum Gasteiger partial charge on any atom is 0.251 e. The molecule has 76 valence electrons. The van der Waals surface area contributed by atoms with Crippen LogP contribution in [0.25, 0.3) is 0 Å². The van der Waals surface area contributed by atoms with Gasteiger partial charge in [0.15, 0.2) is 0 Å². The van der Waals surface area contributed by atoms with E-state index in [0.29, 0.717) is 0 Å². The molecule has 0 saturated heterocycles. The summed E-state index contributed by atoms with van der Waals surface area (Å²) < 4.78 is 0. The second-order valence-corrected chi connectivity index (χ2v) is 3.99. The van der Waals surface area contributed by atoms with E-state index in [0.717, 1.165) is 16.5 Å². The molecule has 1 aromatic rings. The molecule has 0 aliphatic carbocycles. The van der Waals surface area contributed by atoms with Crippen LogP contribution < -0.4 is 5.32 Å². The van der Waals surface area contributed by atoms with Crippen LogP contribution in [0.2, 0.25) is 0 Å². The van der Waals surface area contributed by atoms with E-state index in [-0.39, 0.29) is 11.9 Å². The first-order chi connectivity index (χ1) is 6.65. The molecule has 1 atom stereocenters. The fourth-order valence-corrected chi connectivity index (χ4v) is 1.33. The molecule has 0 aromatic heterocycles. The first-order valence-electron chi connectivity index (χ1n) is 4.57. The van der Waals surface area contributed by atoms with Crippen molar-refractivity contribution < 1.29 is 4.79 Å². The molecule has 0 fully saturated rings. The Bertz CT molecular complexity index is 325. The Kier molecular flexibility index (Phi) is 4.14. The summed E-state index contributed by atoms with van der Waals surface area (Å²) in [6, 6.07) is 7.74. The first-order valence-corrected chi connectivity index (χ1v) is 5.69. The number of hydrogen-bond acceptors (Lipinski definition) is 1. The van der Waals surface area contributed by atoms with Crippen molar-refractivity contribution in [1.82, 2.24) is 5.32 Å². The number of hydrogen-bond donors (Lipinski definition) is 1. The lowest BCUT2D eigenvalue weighted by atomic mass is 10.1. The zero-order valence-electron chi connectivity index (χ0n) is 8.38. The lowest BCUT2D eigenvalue weighted by molar-refractivity contribution is 0.0943. The summed E-state index contributed by atoms with van der Waals surface area (Å²) in [4.78, 5) is 11.7. The fraction of sp³-hybridized carbons (Fsp3) is 0.364. The standard InChI is InChI=1S/C11H14BrNO/c1-8-5-3-4-6-10(8)11(14)13-9(2)7-12/h3-6,9H,7H2,1-2H3,(H,13,14). The molecule has 1 N–H and O–H groups in total. The van der Waals surface area contributed by atoms with Gasteiger partial charge in [-0.2, -0.15) is 0 Å². The molecule has 0 radical (unpaired) electrons. The second-order valence-electron chi connectivity index (χ2n) is 3.34. The SMILES string of the molecule is Cc1ccccc1C(=O)NC(C)CBr. The maximum absolute atomic E-state index is 11.7. The molecular formula is C11H14BrNO. The molecule has 0 spiro atoms. The predicted molar refractivity (Wildman–Crippen MR) is 61.9 cm³/mol. The molecule has 14 heavy (non-hydrogen) atoms. The lowest BCUT2D eigenvalue weighted by Gasteiger charge is -2.11. The molecule has 1 unspecified atom stereocenters. The van der Waals surface area contributed by atoms with Gasteiger partial charge in [0, 0.05) is 16.9 Å². The summed E-state index contributed by atoms with van der Waals surface area (Å²) in [7, 11) is 0.